The van der Waals surface area contributed by atoms with Gasteiger partial charge in [0.2, 0.25) is 0 Å². The van der Waals surface area contributed by atoms with E-state index >= 15 is 0 Å². The third-order valence-corrected chi connectivity index (χ3v) is 6.27. The van der Waals surface area contributed by atoms with Gasteiger partial charge in [0.05, 0.1) is 32.8 Å². The zero-order valence-electron chi connectivity index (χ0n) is 17.8. The average molecular weight is 479 g/mol. The lowest BCUT2D eigenvalue weighted by Crippen LogP contribution is -2.38. The molecule has 0 bridgehead atoms. The topological polar surface area (TPSA) is 154 Å². The first-order valence-corrected chi connectivity index (χ1v) is 11.8. The molecule has 0 aliphatic carbocycles. The van der Waals surface area contributed by atoms with Crippen LogP contribution in [0, 0.1) is 0 Å². The number of carbonyl (C=O) groups is 2. The van der Waals surface area contributed by atoms with Crippen LogP contribution in [-0.4, -0.2) is 79.9 Å². The summed E-state index contributed by atoms with van der Waals surface area (Å²) in [5.74, 6) is -1.28. The zero-order chi connectivity index (χ0) is 23.0. The summed E-state index contributed by atoms with van der Waals surface area (Å²) in [6, 6.07) is -0.902. The van der Waals surface area contributed by atoms with E-state index in [1.165, 1.54) is 35.5 Å². The van der Waals surface area contributed by atoms with Crippen LogP contribution in [-0.2, 0) is 55.3 Å². The molecule has 0 aliphatic heterocycles. The number of esters is 2. The highest BCUT2D eigenvalue weighted by Gasteiger charge is 2.25. The summed E-state index contributed by atoms with van der Waals surface area (Å²) in [7, 11) is -0.894. The fraction of sp³-hybridized carbons (Fsp3) is 0.867. The maximum atomic E-state index is 12.0. The van der Waals surface area contributed by atoms with E-state index < -0.39 is 33.6 Å². The molecule has 1 unspecified atom stereocenters. The molecule has 0 spiro atoms. The van der Waals surface area contributed by atoms with E-state index in [9.17, 15) is 18.7 Å². The standard InChI is InChI=1S/C15H31NO12P2/c1-16-13(15(18)26-9-7-11-28-30(20,23-4)24-5)12-14(17)25-8-6-10-27-29(19,21-2)22-3/h13,16H,6-12H2,1-5H3. The maximum Gasteiger partial charge on any atom is 0.474 e. The number of hydrogen-bond acceptors (Lipinski definition) is 13. The molecule has 0 aliphatic rings. The number of rotatable bonds is 18. The molecule has 0 rings (SSSR count). The van der Waals surface area contributed by atoms with Crippen molar-refractivity contribution in [2.45, 2.75) is 25.3 Å². The van der Waals surface area contributed by atoms with Gasteiger partial charge in [0.25, 0.3) is 0 Å². The van der Waals surface area contributed by atoms with Gasteiger partial charge in [-0.05, 0) is 7.05 Å². The molecule has 0 saturated heterocycles. The van der Waals surface area contributed by atoms with Gasteiger partial charge >= 0.3 is 27.6 Å². The van der Waals surface area contributed by atoms with Gasteiger partial charge in [-0.1, -0.05) is 0 Å². The highest BCUT2D eigenvalue weighted by atomic mass is 31.2. The lowest BCUT2D eigenvalue weighted by molar-refractivity contribution is -0.153. The van der Waals surface area contributed by atoms with Gasteiger partial charge in [0.1, 0.15) is 6.04 Å². The molecule has 0 aromatic carbocycles. The van der Waals surface area contributed by atoms with E-state index in [1.54, 1.807) is 0 Å². The smallest absolute Gasteiger partial charge is 0.466 e. The molecule has 178 valence electrons. The Kier molecular flexibility index (Phi) is 15.4. The minimum Gasteiger partial charge on any atom is -0.466 e. The first-order chi connectivity index (χ1) is 14.2. The van der Waals surface area contributed by atoms with Crippen molar-refractivity contribution in [1.29, 1.82) is 0 Å². The normalized spacial score (nSPS) is 13.1. The van der Waals surface area contributed by atoms with Crippen LogP contribution in [0.25, 0.3) is 0 Å². The van der Waals surface area contributed by atoms with E-state index in [-0.39, 0.29) is 45.7 Å². The Hall–Kier alpha value is -0.880. The van der Waals surface area contributed by atoms with Crippen LogP contribution in [0.3, 0.4) is 0 Å². The Balaban J connectivity index is 4.08. The second-order valence-electron chi connectivity index (χ2n) is 5.43. The van der Waals surface area contributed by atoms with Crippen molar-refractivity contribution in [3.63, 3.8) is 0 Å². The van der Waals surface area contributed by atoms with Gasteiger partial charge in [0, 0.05) is 41.3 Å². The van der Waals surface area contributed by atoms with Crippen LogP contribution in [0.2, 0.25) is 0 Å². The summed E-state index contributed by atoms with van der Waals surface area (Å²) >= 11 is 0. The molecular weight excluding hydrogens is 448 g/mol. The number of phosphoric acid groups is 2. The maximum absolute atomic E-state index is 12.0. The van der Waals surface area contributed by atoms with Crippen molar-refractivity contribution in [3.8, 4) is 0 Å². The number of hydrogen-bond donors (Lipinski definition) is 1. The Bertz CT molecular complexity index is 586. The molecule has 0 amide bonds. The van der Waals surface area contributed by atoms with Crippen LogP contribution >= 0.6 is 15.6 Å². The molecule has 0 fully saturated rings. The fourth-order valence-corrected chi connectivity index (χ4v) is 3.24. The van der Waals surface area contributed by atoms with Crippen molar-refractivity contribution < 1.29 is 55.3 Å². The summed E-state index contributed by atoms with van der Waals surface area (Å²) in [5.41, 5.74) is 0. The summed E-state index contributed by atoms with van der Waals surface area (Å²) < 4.78 is 61.6. The van der Waals surface area contributed by atoms with E-state index in [0.717, 1.165) is 0 Å². The fourth-order valence-electron chi connectivity index (χ4n) is 1.82. The molecule has 0 heterocycles. The van der Waals surface area contributed by atoms with Gasteiger partial charge in [-0.15, -0.1) is 0 Å². The Morgan fingerprint density at radius 3 is 1.60 bits per heavy atom. The highest BCUT2D eigenvalue weighted by molar-refractivity contribution is 7.48. The minimum absolute atomic E-state index is 0.00582. The largest absolute Gasteiger partial charge is 0.474 e. The molecular formula is C15H31NO12P2. The number of carbonyl (C=O) groups excluding carboxylic acids is 2. The summed E-state index contributed by atoms with van der Waals surface area (Å²) in [4.78, 5) is 23.9. The minimum atomic E-state index is -3.57. The summed E-state index contributed by atoms with van der Waals surface area (Å²) in [6.45, 7) is -0.0471. The zero-order valence-corrected chi connectivity index (χ0v) is 19.6. The second-order valence-corrected chi connectivity index (χ2v) is 9.20. The molecule has 15 heteroatoms. The van der Waals surface area contributed by atoms with Crippen molar-refractivity contribution in [3.05, 3.63) is 0 Å². The van der Waals surface area contributed by atoms with E-state index in [2.05, 4.69) is 23.4 Å². The van der Waals surface area contributed by atoms with Crippen LogP contribution in [0.5, 0.6) is 0 Å². The quantitative estimate of drug-likeness (QED) is 0.172. The molecule has 0 radical (unpaired) electrons. The first-order valence-electron chi connectivity index (χ1n) is 8.90. The van der Waals surface area contributed by atoms with Crippen LogP contribution in [0.4, 0.5) is 0 Å². The number of nitrogens with one attached hydrogen (secondary N) is 1. The van der Waals surface area contributed by atoms with Gasteiger partial charge in [-0.25, -0.2) is 9.13 Å². The predicted molar refractivity (Wildman–Crippen MR) is 104 cm³/mol. The lowest BCUT2D eigenvalue weighted by atomic mass is 10.2. The monoisotopic (exact) mass is 479 g/mol. The van der Waals surface area contributed by atoms with Gasteiger partial charge in [-0.3, -0.25) is 36.7 Å². The molecule has 1 atom stereocenters. The van der Waals surface area contributed by atoms with Gasteiger partial charge in [-0.2, -0.15) is 0 Å². The Labute approximate surface area is 176 Å². The molecule has 30 heavy (non-hydrogen) atoms. The lowest BCUT2D eigenvalue weighted by Gasteiger charge is -2.16. The molecule has 1 N–H and O–H groups in total. The second kappa shape index (κ2) is 15.9. The Morgan fingerprint density at radius 1 is 0.767 bits per heavy atom. The number of phosphoric ester groups is 2. The SMILES string of the molecule is CNC(CC(=O)OCCCOP(=O)(OC)OC)C(=O)OCCCOP(=O)(OC)OC. The third kappa shape index (κ3) is 12.1. The Morgan fingerprint density at radius 2 is 1.20 bits per heavy atom. The average Bonchev–Trinajstić information content (AvgIpc) is 2.76. The van der Waals surface area contributed by atoms with E-state index in [1.807, 2.05) is 0 Å². The van der Waals surface area contributed by atoms with Gasteiger partial charge in [0.15, 0.2) is 0 Å². The van der Waals surface area contributed by atoms with Crippen molar-refractivity contribution in [1.82, 2.24) is 5.32 Å². The van der Waals surface area contributed by atoms with Crippen molar-refractivity contribution in [2.75, 3.05) is 61.9 Å². The van der Waals surface area contributed by atoms with E-state index in [0.29, 0.717) is 0 Å². The first kappa shape index (κ1) is 29.1. The van der Waals surface area contributed by atoms with Crippen molar-refractivity contribution >= 4 is 27.6 Å². The predicted octanol–water partition coefficient (Wildman–Crippen LogP) is 1.67. The van der Waals surface area contributed by atoms with E-state index in [4.69, 9.17) is 18.5 Å². The molecule has 0 saturated carbocycles. The third-order valence-electron chi connectivity index (χ3n) is 3.48. The van der Waals surface area contributed by atoms with Crippen molar-refractivity contribution in [2.24, 2.45) is 0 Å². The van der Waals surface area contributed by atoms with Crippen LogP contribution in [0.15, 0.2) is 0 Å². The van der Waals surface area contributed by atoms with Crippen LogP contribution < -0.4 is 5.32 Å². The summed E-state index contributed by atoms with van der Waals surface area (Å²) in [6.07, 6.45) is 0.254. The number of likely N-dealkylation sites (N-methyl/N-ethyl adjacent to an activating group) is 1. The molecule has 0 aromatic heterocycles. The molecule has 0 aromatic rings. The molecule has 13 nitrogen and oxygen atoms in total. The van der Waals surface area contributed by atoms with Gasteiger partial charge < -0.3 is 14.8 Å². The summed E-state index contributed by atoms with van der Waals surface area (Å²) in [5, 5.41) is 2.67. The number of ether oxygens (including phenoxy) is 2. The highest BCUT2D eigenvalue weighted by Crippen LogP contribution is 2.48. The van der Waals surface area contributed by atoms with Crippen LogP contribution in [0.1, 0.15) is 19.3 Å².